The number of amides is 1. The molecule has 0 aliphatic carbocycles. The summed E-state index contributed by atoms with van der Waals surface area (Å²) >= 11 is 0. The van der Waals surface area contributed by atoms with Gasteiger partial charge in [0.15, 0.2) is 5.65 Å². The number of aromatic nitrogens is 3. The second kappa shape index (κ2) is 10.5. The number of piperidine rings is 1. The highest BCUT2D eigenvalue weighted by Gasteiger charge is 2.21. The van der Waals surface area contributed by atoms with Crippen molar-refractivity contribution in [2.24, 2.45) is 0 Å². The van der Waals surface area contributed by atoms with E-state index in [2.05, 4.69) is 62.4 Å². The van der Waals surface area contributed by atoms with Crippen LogP contribution in [0.3, 0.4) is 0 Å². The highest BCUT2D eigenvalue weighted by molar-refractivity contribution is 5.76. The van der Waals surface area contributed by atoms with Gasteiger partial charge < -0.3 is 15.1 Å². The number of benzene rings is 1. The number of fused-ring (bicyclic) bond motifs is 1. The summed E-state index contributed by atoms with van der Waals surface area (Å²) in [6.45, 7) is 7.07. The first-order valence-electron chi connectivity index (χ1n) is 12.5. The van der Waals surface area contributed by atoms with Gasteiger partial charge in [0, 0.05) is 64.7 Å². The summed E-state index contributed by atoms with van der Waals surface area (Å²) in [5.41, 5.74) is 3.17. The average Bonchev–Trinajstić information content (AvgIpc) is 3.27. The number of imidazole rings is 1. The molecule has 180 valence electrons. The zero-order valence-corrected chi connectivity index (χ0v) is 20.1. The molecule has 1 N–H and O–H groups in total. The van der Waals surface area contributed by atoms with Crippen LogP contribution in [0.25, 0.3) is 5.65 Å². The van der Waals surface area contributed by atoms with E-state index in [-0.39, 0.29) is 11.9 Å². The van der Waals surface area contributed by atoms with E-state index in [0.29, 0.717) is 12.8 Å². The molecule has 2 aliphatic rings. The van der Waals surface area contributed by atoms with E-state index in [0.717, 1.165) is 75.8 Å². The van der Waals surface area contributed by atoms with Gasteiger partial charge in [-0.25, -0.2) is 9.50 Å². The number of hydrogen-bond donors (Lipinski definition) is 1. The van der Waals surface area contributed by atoms with Crippen LogP contribution < -0.4 is 10.2 Å². The fourth-order valence-electron chi connectivity index (χ4n) is 4.90. The molecule has 2 aromatic heterocycles. The van der Waals surface area contributed by atoms with E-state index in [1.807, 2.05) is 22.8 Å². The molecule has 0 unspecified atom stereocenters. The highest BCUT2D eigenvalue weighted by Crippen LogP contribution is 2.17. The average molecular weight is 462 g/mol. The van der Waals surface area contributed by atoms with Crippen LogP contribution in [0.1, 0.15) is 30.5 Å². The van der Waals surface area contributed by atoms with Gasteiger partial charge >= 0.3 is 0 Å². The monoisotopic (exact) mass is 461 g/mol. The Morgan fingerprint density at radius 2 is 1.76 bits per heavy atom. The van der Waals surface area contributed by atoms with Gasteiger partial charge in [-0.1, -0.05) is 30.3 Å². The first-order chi connectivity index (χ1) is 16.6. The minimum atomic E-state index is 0.117. The van der Waals surface area contributed by atoms with Gasteiger partial charge in [0.2, 0.25) is 5.91 Å². The summed E-state index contributed by atoms with van der Waals surface area (Å²) in [5, 5.41) is 8.10. The molecule has 4 heterocycles. The van der Waals surface area contributed by atoms with Crippen molar-refractivity contribution < 1.29 is 4.79 Å². The molecule has 0 radical (unpaired) electrons. The van der Waals surface area contributed by atoms with Gasteiger partial charge in [-0.2, -0.15) is 0 Å². The van der Waals surface area contributed by atoms with E-state index in [1.54, 1.807) is 0 Å². The number of rotatable bonds is 7. The van der Waals surface area contributed by atoms with Gasteiger partial charge in [-0.05, 0) is 37.6 Å². The third-order valence-corrected chi connectivity index (χ3v) is 7.06. The molecule has 2 saturated heterocycles. The smallest absolute Gasteiger partial charge is 0.220 e. The number of nitrogens with one attached hydrogen (secondary N) is 1. The number of anilines is 1. The Morgan fingerprint density at radius 1 is 1.00 bits per heavy atom. The number of aryl methyl sites for hydroxylation is 1. The minimum Gasteiger partial charge on any atom is -0.353 e. The lowest BCUT2D eigenvalue weighted by atomic mass is 10.0. The number of piperazine rings is 1. The van der Waals surface area contributed by atoms with Gasteiger partial charge in [-0.3, -0.25) is 9.69 Å². The molecule has 8 heteroatoms. The topological polar surface area (TPSA) is 69.0 Å². The predicted molar refractivity (Wildman–Crippen MR) is 134 cm³/mol. The van der Waals surface area contributed by atoms with Crippen LogP contribution in [-0.2, 0) is 17.8 Å². The number of likely N-dealkylation sites (N-methyl/N-ethyl adjacent to an activating group) is 1. The van der Waals surface area contributed by atoms with Gasteiger partial charge in [0.1, 0.15) is 5.82 Å². The zero-order valence-electron chi connectivity index (χ0n) is 20.1. The molecule has 2 fully saturated rings. The van der Waals surface area contributed by atoms with E-state index in [9.17, 15) is 4.79 Å². The Hall–Kier alpha value is -2.97. The van der Waals surface area contributed by atoms with Crippen molar-refractivity contribution in [1.82, 2.24) is 29.7 Å². The number of carbonyl (C=O) groups excluding carboxylic acids is 1. The number of likely N-dealkylation sites (tertiary alicyclic amines) is 1. The Balaban J connectivity index is 1.11. The standard InChI is InChI=1S/C26H35N7O/c1-30-15-17-32(18-16-30)25-9-8-24-27-19-23(33(24)29-25)7-10-26(34)28-22-11-13-31(14-12-22)20-21-5-3-2-4-6-21/h2-6,8-9,19,22H,7,10-18,20H2,1H3,(H,28,34). The summed E-state index contributed by atoms with van der Waals surface area (Å²) in [6, 6.07) is 14.9. The molecule has 2 aliphatic heterocycles. The Labute approximate surface area is 201 Å². The molecule has 34 heavy (non-hydrogen) atoms. The van der Waals surface area contributed by atoms with Crippen molar-refractivity contribution in [3.05, 3.63) is 59.9 Å². The van der Waals surface area contributed by atoms with Crippen LogP contribution in [0.2, 0.25) is 0 Å². The van der Waals surface area contributed by atoms with Gasteiger partial charge in [0.05, 0.1) is 11.9 Å². The predicted octanol–water partition coefficient (Wildman–Crippen LogP) is 2.19. The van der Waals surface area contributed by atoms with Crippen molar-refractivity contribution in [2.45, 2.75) is 38.3 Å². The van der Waals surface area contributed by atoms with E-state index >= 15 is 0 Å². The van der Waals surface area contributed by atoms with Crippen LogP contribution in [0.15, 0.2) is 48.7 Å². The first-order valence-corrected chi connectivity index (χ1v) is 12.5. The summed E-state index contributed by atoms with van der Waals surface area (Å²) in [7, 11) is 2.15. The van der Waals surface area contributed by atoms with Crippen molar-refractivity contribution in [2.75, 3.05) is 51.2 Å². The molecule has 0 atom stereocenters. The first kappa shape index (κ1) is 22.8. The highest BCUT2D eigenvalue weighted by atomic mass is 16.1. The molecule has 3 aromatic rings. The van der Waals surface area contributed by atoms with Crippen LogP contribution in [0.4, 0.5) is 5.82 Å². The lowest BCUT2D eigenvalue weighted by Gasteiger charge is -2.33. The van der Waals surface area contributed by atoms with Crippen LogP contribution >= 0.6 is 0 Å². The largest absolute Gasteiger partial charge is 0.353 e. The molecule has 0 bridgehead atoms. The molecule has 8 nitrogen and oxygen atoms in total. The molecule has 0 saturated carbocycles. The van der Waals surface area contributed by atoms with Crippen LogP contribution in [-0.4, -0.2) is 82.7 Å². The van der Waals surface area contributed by atoms with Crippen molar-refractivity contribution in [3.63, 3.8) is 0 Å². The minimum absolute atomic E-state index is 0.117. The molecular weight excluding hydrogens is 426 g/mol. The number of nitrogens with zero attached hydrogens (tertiary/aromatic N) is 6. The number of hydrogen-bond acceptors (Lipinski definition) is 6. The summed E-state index contributed by atoms with van der Waals surface area (Å²) < 4.78 is 1.91. The summed E-state index contributed by atoms with van der Waals surface area (Å²) in [4.78, 5) is 24.3. The molecule has 1 aromatic carbocycles. The quantitative estimate of drug-likeness (QED) is 0.582. The number of carbonyl (C=O) groups is 1. The maximum absolute atomic E-state index is 12.7. The van der Waals surface area contributed by atoms with E-state index in [1.165, 1.54) is 5.56 Å². The van der Waals surface area contributed by atoms with Crippen LogP contribution in [0.5, 0.6) is 0 Å². The van der Waals surface area contributed by atoms with Gasteiger partial charge in [0.25, 0.3) is 0 Å². The maximum atomic E-state index is 12.7. The fraction of sp³-hybridized carbons (Fsp3) is 0.500. The van der Waals surface area contributed by atoms with Crippen molar-refractivity contribution in [1.29, 1.82) is 0 Å². The summed E-state index contributed by atoms with van der Waals surface area (Å²) in [5.74, 6) is 1.10. The van der Waals surface area contributed by atoms with Crippen molar-refractivity contribution in [3.8, 4) is 0 Å². The molecule has 5 rings (SSSR count). The second-order valence-corrected chi connectivity index (χ2v) is 9.60. The van der Waals surface area contributed by atoms with Crippen LogP contribution in [0, 0.1) is 0 Å². The normalized spacial score (nSPS) is 18.4. The van der Waals surface area contributed by atoms with Gasteiger partial charge in [-0.15, -0.1) is 5.10 Å². The molecule has 1 amide bonds. The molecule has 0 spiro atoms. The Morgan fingerprint density at radius 3 is 2.53 bits per heavy atom. The zero-order chi connectivity index (χ0) is 23.3. The summed E-state index contributed by atoms with van der Waals surface area (Å²) in [6.07, 6.45) is 4.96. The maximum Gasteiger partial charge on any atom is 0.220 e. The lowest BCUT2D eigenvalue weighted by molar-refractivity contribution is -0.122. The van der Waals surface area contributed by atoms with Crippen molar-refractivity contribution >= 4 is 17.4 Å². The lowest BCUT2D eigenvalue weighted by Crippen LogP contribution is -2.45. The second-order valence-electron chi connectivity index (χ2n) is 9.60. The fourth-order valence-corrected chi connectivity index (χ4v) is 4.90. The molecular formula is C26H35N7O. The Kier molecular flexibility index (Phi) is 7.06. The third kappa shape index (κ3) is 5.56. The van der Waals surface area contributed by atoms with E-state index in [4.69, 9.17) is 5.10 Å². The third-order valence-electron chi connectivity index (χ3n) is 7.06. The SMILES string of the molecule is CN1CCN(c2ccc3ncc(CCC(=O)NC4CCN(Cc5ccccc5)CC4)n3n2)CC1. The Bertz CT molecular complexity index is 1080. The van der Waals surface area contributed by atoms with E-state index < -0.39 is 0 Å².